The Bertz CT molecular complexity index is 1640. The first-order chi connectivity index (χ1) is 23.2. The van der Waals surface area contributed by atoms with Crippen LogP contribution in [0.3, 0.4) is 0 Å². The predicted octanol–water partition coefficient (Wildman–Crippen LogP) is 9.81. The van der Waals surface area contributed by atoms with Crippen LogP contribution in [-0.4, -0.2) is 34.2 Å². The zero-order valence-corrected chi connectivity index (χ0v) is 31.8. The molecule has 0 bridgehead atoms. The van der Waals surface area contributed by atoms with E-state index in [4.69, 9.17) is 4.74 Å². The van der Waals surface area contributed by atoms with Gasteiger partial charge in [0.05, 0.1) is 17.4 Å². The monoisotopic (exact) mass is 684 g/mol. The average Bonchev–Trinajstić information content (AvgIpc) is 3.42. The van der Waals surface area contributed by atoms with E-state index in [-0.39, 0.29) is 45.2 Å². The molecule has 0 radical (unpaired) electrons. The summed E-state index contributed by atoms with van der Waals surface area (Å²) in [5.74, 6) is 7.44. The number of ether oxygens (including phenoxy) is 1. The maximum Gasteiger partial charge on any atom is 0.335 e. The smallest absolute Gasteiger partial charge is 0.335 e. The molecule has 0 spiro atoms. The van der Waals surface area contributed by atoms with Crippen molar-refractivity contribution in [3.8, 4) is 11.8 Å². The highest BCUT2D eigenvalue weighted by Gasteiger charge is 2.71. The van der Waals surface area contributed by atoms with Crippen LogP contribution in [0.15, 0.2) is 36.4 Å². The van der Waals surface area contributed by atoms with Crippen LogP contribution in [0, 0.1) is 73.9 Å². The fraction of sp³-hybridized carbons (Fsp3) is 0.705. The van der Waals surface area contributed by atoms with E-state index in [1.54, 1.807) is 32.0 Å². The molecule has 4 unspecified atom stereocenters. The standard InChI is InChI=1S/C44H60O6/c1-27(2)30-16-22-44(21-15-28-11-10-12-29(25-28)37(46)47)24-23-42(8)31(36(30)44)13-14-33-41(7)19-18-34(50-35(45)26-39(3,4)38(48)49)40(5,6)32(41)17-20-43(33,42)9/h10-12,25,30-34,36H,1,13-14,16-20,22-24,26H2,2-9H3,(H,46,47)(H,48,49)/t30-,31?,32?,33?,34-,36?,41-,42+,43+,44+/m0/s1. The molecule has 1 aromatic rings. The van der Waals surface area contributed by atoms with E-state index in [1.165, 1.54) is 18.4 Å². The molecular formula is C44H60O6. The number of benzene rings is 1. The summed E-state index contributed by atoms with van der Waals surface area (Å²) >= 11 is 0. The Morgan fingerprint density at radius 3 is 2.28 bits per heavy atom. The molecule has 6 rings (SSSR count). The van der Waals surface area contributed by atoms with Gasteiger partial charge >= 0.3 is 17.9 Å². The molecule has 2 N–H and O–H groups in total. The summed E-state index contributed by atoms with van der Waals surface area (Å²) < 4.78 is 6.17. The van der Waals surface area contributed by atoms with Gasteiger partial charge in [-0.1, -0.05) is 64.7 Å². The lowest BCUT2D eigenvalue weighted by molar-refractivity contribution is -0.247. The molecule has 1 aromatic carbocycles. The molecule has 0 saturated heterocycles. The Morgan fingerprint density at radius 1 is 0.900 bits per heavy atom. The van der Waals surface area contributed by atoms with E-state index in [0.29, 0.717) is 29.6 Å². The molecular weight excluding hydrogens is 624 g/mol. The van der Waals surface area contributed by atoms with Gasteiger partial charge in [-0.05, 0) is 149 Å². The highest BCUT2D eigenvalue weighted by molar-refractivity contribution is 5.88. The summed E-state index contributed by atoms with van der Waals surface area (Å²) in [6.45, 7) is 22.3. The van der Waals surface area contributed by atoms with Gasteiger partial charge in [0.1, 0.15) is 6.10 Å². The van der Waals surface area contributed by atoms with Crippen molar-refractivity contribution in [1.82, 2.24) is 0 Å². The zero-order valence-electron chi connectivity index (χ0n) is 31.8. The molecule has 0 amide bonds. The normalized spacial score (nSPS) is 40.1. The van der Waals surface area contributed by atoms with Crippen LogP contribution in [0.25, 0.3) is 0 Å². The SMILES string of the molecule is C=C(C)[C@@H]1CC[C@]2(C#Cc3cccc(C(=O)O)c3)CC[C@]3(C)C(CCC4[C@@]5(C)CC[C@H](OC(=O)CC(C)(C)C(=O)O)C(C)(C)C5CC[C@]43C)C12. The summed E-state index contributed by atoms with van der Waals surface area (Å²) in [5.41, 5.74) is 1.35. The third-order valence-electron chi connectivity index (χ3n) is 16.0. The molecule has 5 fully saturated rings. The van der Waals surface area contributed by atoms with E-state index in [1.807, 2.05) is 6.07 Å². The molecule has 272 valence electrons. The molecule has 5 aliphatic rings. The van der Waals surface area contributed by atoms with Crippen LogP contribution >= 0.6 is 0 Å². The number of allylic oxidation sites excluding steroid dienone is 1. The second kappa shape index (κ2) is 12.3. The van der Waals surface area contributed by atoms with Gasteiger partial charge in [0.15, 0.2) is 0 Å². The number of hydrogen-bond acceptors (Lipinski definition) is 4. The first-order valence-corrected chi connectivity index (χ1v) is 19.2. The van der Waals surface area contributed by atoms with Crippen molar-refractivity contribution in [1.29, 1.82) is 0 Å². The summed E-state index contributed by atoms with van der Waals surface area (Å²) in [6.07, 6.45) is 10.6. The largest absolute Gasteiger partial charge is 0.481 e. The number of aromatic carboxylic acids is 1. The number of carbonyl (C=O) groups excluding carboxylic acids is 1. The first kappa shape index (κ1) is 36.7. The molecule has 0 heterocycles. The number of fused-ring (bicyclic) bond motifs is 7. The predicted molar refractivity (Wildman–Crippen MR) is 195 cm³/mol. The van der Waals surface area contributed by atoms with E-state index < -0.39 is 23.3 Å². The van der Waals surface area contributed by atoms with Crippen molar-refractivity contribution in [3.05, 3.63) is 47.5 Å². The summed E-state index contributed by atoms with van der Waals surface area (Å²) in [6, 6.07) is 7.07. The Labute approximate surface area is 300 Å². The summed E-state index contributed by atoms with van der Waals surface area (Å²) in [7, 11) is 0. The van der Waals surface area contributed by atoms with Crippen molar-refractivity contribution in [2.45, 2.75) is 132 Å². The fourth-order valence-corrected chi connectivity index (χ4v) is 13.1. The van der Waals surface area contributed by atoms with Crippen molar-refractivity contribution in [2.75, 3.05) is 0 Å². The highest BCUT2D eigenvalue weighted by Crippen LogP contribution is 2.77. The third-order valence-corrected chi connectivity index (χ3v) is 16.0. The van der Waals surface area contributed by atoms with Crippen molar-refractivity contribution < 1.29 is 29.3 Å². The van der Waals surface area contributed by atoms with E-state index in [0.717, 1.165) is 56.9 Å². The summed E-state index contributed by atoms with van der Waals surface area (Å²) in [4.78, 5) is 36.5. The highest BCUT2D eigenvalue weighted by atomic mass is 16.5. The molecule has 0 aliphatic heterocycles. The van der Waals surface area contributed by atoms with Crippen molar-refractivity contribution in [2.24, 2.45) is 62.1 Å². The number of hydrogen-bond donors (Lipinski definition) is 2. The minimum absolute atomic E-state index is 0.0869. The van der Waals surface area contributed by atoms with Gasteiger partial charge in [-0.2, -0.15) is 0 Å². The Balaban J connectivity index is 1.28. The van der Waals surface area contributed by atoms with Crippen LogP contribution in [0.1, 0.15) is 142 Å². The minimum atomic E-state index is -1.15. The van der Waals surface area contributed by atoms with E-state index in [2.05, 4.69) is 60.0 Å². The van der Waals surface area contributed by atoms with E-state index >= 15 is 0 Å². The van der Waals surface area contributed by atoms with Crippen LogP contribution < -0.4 is 0 Å². The maximum absolute atomic E-state index is 13.1. The van der Waals surface area contributed by atoms with Crippen LogP contribution in [-0.2, 0) is 14.3 Å². The van der Waals surface area contributed by atoms with Crippen LogP contribution in [0.5, 0.6) is 0 Å². The second-order valence-corrected chi connectivity index (χ2v) is 19.2. The van der Waals surface area contributed by atoms with Gasteiger partial charge in [0, 0.05) is 16.4 Å². The van der Waals surface area contributed by atoms with Gasteiger partial charge in [-0.3, -0.25) is 9.59 Å². The lowest BCUT2D eigenvalue weighted by Crippen LogP contribution is -2.66. The van der Waals surface area contributed by atoms with Gasteiger partial charge in [0.25, 0.3) is 0 Å². The Kier molecular flexibility index (Phi) is 9.01. The fourth-order valence-electron chi connectivity index (χ4n) is 13.1. The number of rotatable bonds is 6. The quantitative estimate of drug-likeness (QED) is 0.176. The van der Waals surface area contributed by atoms with Crippen LogP contribution in [0.4, 0.5) is 0 Å². The molecule has 5 aliphatic carbocycles. The van der Waals surface area contributed by atoms with Gasteiger partial charge in [-0.15, -0.1) is 0 Å². The van der Waals surface area contributed by atoms with E-state index in [9.17, 15) is 24.6 Å². The van der Waals surface area contributed by atoms with Gasteiger partial charge < -0.3 is 14.9 Å². The average molecular weight is 685 g/mol. The Hall–Kier alpha value is -3.07. The maximum atomic E-state index is 13.1. The molecule has 50 heavy (non-hydrogen) atoms. The van der Waals surface area contributed by atoms with Crippen molar-refractivity contribution in [3.63, 3.8) is 0 Å². The number of carbonyl (C=O) groups is 3. The molecule has 6 nitrogen and oxygen atoms in total. The lowest BCUT2D eigenvalue weighted by atomic mass is 9.32. The lowest BCUT2D eigenvalue weighted by Gasteiger charge is -2.72. The molecule has 10 atom stereocenters. The third kappa shape index (κ3) is 5.56. The number of carboxylic acids is 2. The van der Waals surface area contributed by atoms with Gasteiger partial charge in [-0.25, -0.2) is 4.79 Å². The topological polar surface area (TPSA) is 101 Å². The van der Waals surface area contributed by atoms with Gasteiger partial charge in [0.2, 0.25) is 0 Å². The Morgan fingerprint density at radius 2 is 1.62 bits per heavy atom. The molecule has 6 heteroatoms. The van der Waals surface area contributed by atoms with Crippen molar-refractivity contribution >= 4 is 17.9 Å². The zero-order chi connectivity index (χ0) is 36.7. The number of aliphatic carboxylic acids is 1. The molecule has 0 aromatic heterocycles. The first-order valence-electron chi connectivity index (χ1n) is 19.2. The number of esters is 1. The molecule has 5 saturated carbocycles. The number of carboxylic acid groups (broad SMARTS) is 2. The second-order valence-electron chi connectivity index (χ2n) is 19.2. The summed E-state index contributed by atoms with van der Waals surface area (Å²) in [5, 5.41) is 19.2. The van der Waals surface area contributed by atoms with Crippen LogP contribution in [0.2, 0.25) is 0 Å². The minimum Gasteiger partial charge on any atom is -0.481 e.